The zero-order valence-corrected chi connectivity index (χ0v) is 41.1. The summed E-state index contributed by atoms with van der Waals surface area (Å²) in [6.45, 7) is 0. The molecule has 0 saturated heterocycles. The summed E-state index contributed by atoms with van der Waals surface area (Å²) in [5.74, 6) is 3.44. The molecule has 6 aromatic carbocycles. The van der Waals surface area contributed by atoms with E-state index >= 15 is 0 Å². The molecule has 8 atom stereocenters. The first-order chi connectivity index (χ1) is 34.5. The van der Waals surface area contributed by atoms with Crippen LogP contribution in [0.3, 0.4) is 0 Å². The number of ether oxygens (including phenoxy) is 13. The molecular weight excluding hydrogens is 917 g/mol. The van der Waals surface area contributed by atoms with Gasteiger partial charge in [-0.15, -0.1) is 0 Å². The predicted molar refractivity (Wildman–Crippen MR) is 260 cm³/mol. The van der Waals surface area contributed by atoms with Gasteiger partial charge >= 0.3 is 0 Å². The third-order valence-corrected chi connectivity index (χ3v) is 13.7. The molecular formula is C55H58O16. The van der Waals surface area contributed by atoms with Crippen molar-refractivity contribution in [3.8, 4) is 74.7 Å². The van der Waals surface area contributed by atoms with Crippen molar-refractivity contribution in [2.75, 3.05) is 71.1 Å². The third-order valence-electron chi connectivity index (χ3n) is 13.7. The van der Waals surface area contributed by atoms with Crippen LogP contribution < -0.4 is 61.6 Å². The summed E-state index contributed by atoms with van der Waals surface area (Å²) in [6.07, 6.45) is -6.99. The van der Waals surface area contributed by atoms with E-state index in [9.17, 15) is 15.3 Å². The largest absolute Gasteiger partial charge is 0.497 e. The maximum Gasteiger partial charge on any atom is 0.161 e. The van der Waals surface area contributed by atoms with E-state index in [-0.39, 0.29) is 12.2 Å². The fourth-order valence-electron chi connectivity index (χ4n) is 10.3. The highest BCUT2D eigenvalue weighted by molar-refractivity contribution is 5.72. The molecule has 0 radical (unpaired) electrons. The molecule has 0 bridgehead atoms. The molecule has 8 unspecified atom stereocenters. The Morgan fingerprint density at radius 3 is 1.08 bits per heavy atom. The number of hydrogen-bond donors (Lipinski definition) is 3. The van der Waals surface area contributed by atoms with E-state index in [4.69, 9.17) is 61.6 Å². The van der Waals surface area contributed by atoms with Crippen LogP contribution in [0.25, 0.3) is 0 Å². The van der Waals surface area contributed by atoms with Crippen LogP contribution in [0.2, 0.25) is 0 Å². The van der Waals surface area contributed by atoms with Crippen molar-refractivity contribution >= 4 is 0 Å². The maximum atomic E-state index is 13.2. The number of benzene rings is 6. The van der Waals surface area contributed by atoms with Crippen molar-refractivity contribution in [1.82, 2.24) is 0 Å². The van der Waals surface area contributed by atoms with Crippen LogP contribution in [-0.4, -0.2) is 105 Å². The minimum atomic E-state index is -1.34. The van der Waals surface area contributed by atoms with Gasteiger partial charge in [0.2, 0.25) is 0 Å². The highest BCUT2D eigenvalue weighted by Gasteiger charge is 2.52. The first-order valence-electron chi connectivity index (χ1n) is 22.9. The monoisotopic (exact) mass is 974 g/mol. The molecule has 3 aliphatic rings. The number of rotatable bonds is 15. The van der Waals surface area contributed by atoms with Gasteiger partial charge in [0.15, 0.2) is 46.7 Å². The molecule has 16 nitrogen and oxygen atoms in total. The van der Waals surface area contributed by atoms with Crippen LogP contribution in [0.4, 0.5) is 0 Å². The minimum Gasteiger partial charge on any atom is -0.497 e. The second-order valence-corrected chi connectivity index (χ2v) is 17.2. The molecule has 9 rings (SSSR count). The maximum absolute atomic E-state index is 13.2. The highest BCUT2D eigenvalue weighted by Crippen LogP contribution is 2.64. The van der Waals surface area contributed by atoms with Crippen LogP contribution in [0.5, 0.6) is 74.7 Å². The number of methoxy groups -OCH3 is 10. The van der Waals surface area contributed by atoms with E-state index < -0.39 is 48.5 Å². The second-order valence-electron chi connectivity index (χ2n) is 17.2. The van der Waals surface area contributed by atoms with Crippen molar-refractivity contribution in [2.24, 2.45) is 0 Å². The normalized spacial score (nSPS) is 21.9. The van der Waals surface area contributed by atoms with E-state index in [0.717, 1.165) is 0 Å². The summed E-state index contributed by atoms with van der Waals surface area (Å²) < 4.78 is 79.2. The molecule has 71 heavy (non-hydrogen) atoms. The number of aliphatic hydroxyl groups excluding tert-OH is 3. The van der Waals surface area contributed by atoms with Gasteiger partial charge in [-0.2, -0.15) is 0 Å². The molecule has 0 amide bonds. The molecule has 16 heteroatoms. The standard InChI is InChI=1S/C55H58O16/c1-59-30-14-16-32(39(24-30)64-6)44-46-53-34(26-35(56)50(69-53)27-11-18-36(61-3)41(21-27)66-8)54-47(55(46)71-52(49(44)58)29-13-20-38(63-5)43(23-29)68-10)45(33-17-15-31(60-2)25-40(33)65-7)48(57)51(70-54)28-12-19-37(62-4)42(22-28)67-9/h11-25,35,44-45,48-52,56-58H,26H2,1-10H3. The summed E-state index contributed by atoms with van der Waals surface area (Å²) in [4.78, 5) is 0. The van der Waals surface area contributed by atoms with Crippen molar-refractivity contribution < 1.29 is 76.9 Å². The number of hydrogen-bond acceptors (Lipinski definition) is 16. The Kier molecular flexibility index (Phi) is 13.8. The molecule has 6 aromatic rings. The highest BCUT2D eigenvalue weighted by atomic mass is 16.5. The van der Waals surface area contributed by atoms with E-state index in [2.05, 4.69) is 0 Å². The molecule has 0 aromatic heterocycles. The average molecular weight is 975 g/mol. The Bertz CT molecular complexity index is 2830. The van der Waals surface area contributed by atoms with Crippen LogP contribution in [0, 0.1) is 0 Å². The number of fused-ring (bicyclic) bond motifs is 6. The van der Waals surface area contributed by atoms with Crippen LogP contribution in [0.1, 0.15) is 74.7 Å². The smallest absolute Gasteiger partial charge is 0.161 e. The Balaban J connectivity index is 1.40. The summed E-state index contributed by atoms with van der Waals surface area (Å²) in [5.41, 5.74) is 4.13. The van der Waals surface area contributed by atoms with Crippen molar-refractivity contribution in [3.63, 3.8) is 0 Å². The van der Waals surface area contributed by atoms with Gasteiger partial charge in [-0.05, 0) is 65.2 Å². The van der Waals surface area contributed by atoms with E-state index in [1.807, 2.05) is 12.1 Å². The molecule has 3 heterocycles. The first kappa shape index (κ1) is 48.6. The summed E-state index contributed by atoms with van der Waals surface area (Å²) >= 11 is 0. The van der Waals surface area contributed by atoms with Gasteiger partial charge in [-0.3, -0.25) is 0 Å². The van der Waals surface area contributed by atoms with Gasteiger partial charge in [0.25, 0.3) is 0 Å². The van der Waals surface area contributed by atoms with Crippen LogP contribution >= 0.6 is 0 Å². The van der Waals surface area contributed by atoms with E-state index in [0.29, 0.717) is 114 Å². The Morgan fingerprint density at radius 1 is 0.366 bits per heavy atom. The quantitative estimate of drug-likeness (QED) is 0.0898. The van der Waals surface area contributed by atoms with Crippen molar-refractivity contribution in [1.29, 1.82) is 0 Å². The summed E-state index contributed by atoms with van der Waals surface area (Å²) in [6, 6.07) is 26.7. The topological polar surface area (TPSA) is 181 Å². The van der Waals surface area contributed by atoms with E-state index in [1.165, 1.54) is 21.3 Å². The Morgan fingerprint density at radius 2 is 0.718 bits per heavy atom. The molecule has 3 N–H and O–H groups in total. The van der Waals surface area contributed by atoms with Crippen molar-refractivity contribution in [2.45, 2.75) is 54.9 Å². The van der Waals surface area contributed by atoms with Gasteiger partial charge in [0, 0.05) is 58.2 Å². The average Bonchev–Trinajstić information content (AvgIpc) is 3.41. The fraction of sp³-hybridized carbons (Fsp3) is 0.345. The van der Waals surface area contributed by atoms with Gasteiger partial charge in [0.05, 0.1) is 77.2 Å². The lowest BCUT2D eigenvalue weighted by Crippen LogP contribution is -2.41. The lowest BCUT2D eigenvalue weighted by molar-refractivity contribution is -0.0171. The molecule has 0 saturated carbocycles. The summed E-state index contributed by atoms with van der Waals surface area (Å²) in [7, 11) is 15.4. The SMILES string of the molecule is COc1ccc(C2c3c(c4c(c5c3OC(c3ccc(OC)c(OC)c3)C(O)C5c3ccc(OC)cc3OC)OC(c3ccc(OC)c(OC)c3)C(O)C4)OC(c3ccc(OC)c(OC)c3)C2O)c(OC)c1. The van der Waals surface area contributed by atoms with Crippen LogP contribution in [0.15, 0.2) is 91.0 Å². The molecule has 374 valence electrons. The zero-order chi connectivity index (χ0) is 50.2. The minimum absolute atomic E-state index is 0.00710. The molecule has 0 spiro atoms. The van der Waals surface area contributed by atoms with Gasteiger partial charge in [-0.25, -0.2) is 0 Å². The second kappa shape index (κ2) is 20.1. The van der Waals surface area contributed by atoms with Gasteiger partial charge in [-0.1, -0.05) is 30.3 Å². The van der Waals surface area contributed by atoms with Crippen LogP contribution in [-0.2, 0) is 6.42 Å². The molecule has 3 aliphatic heterocycles. The molecule has 0 aliphatic carbocycles. The fourth-order valence-corrected chi connectivity index (χ4v) is 10.3. The predicted octanol–water partition coefficient (Wildman–Crippen LogP) is 8.06. The Hall–Kier alpha value is -7.40. The Labute approximate surface area is 411 Å². The van der Waals surface area contributed by atoms with Crippen molar-refractivity contribution in [3.05, 3.63) is 136 Å². The van der Waals surface area contributed by atoms with E-state index in [1.54, 1.807) is 129 Å². The summed E-state index contributed by atoms with van der Waals surface area (Å²) in [5, 5.41) is 38.8. The van der Waals surface area contributed by atoms with Gasteiger partial charge in [0.1, 0.15) is 58.6 Å². The lowest BCUT2D eigenvalue weighted by atomic mass is 9.72. The number of aliphatic hydroxyl groups is 3. The van der Waals surface area contributed by atoms with Gasteiger partial charge < -0.3 is 76.9 Å². The molecule has 0 fully saturated rings. The third kappa shape index (κ3) is 8.38. The lowest BCUT2D eigenvalue weighted by Gasteiger charge is -2.46. The first-order valence-corrected chi connectivity index (χ1v) is 22.9. The zero-order valence-electron chi connectivity index (χ0n) is 41.1.